The van der Waals surface area contributed by atoms with E-state index < -0.39 is 11.9 Å². The maximum atomic E-state index is 13.7. The van der Waals surface area contributed by atoms with Gasteiger partial charge in [0.1, 0.15) is 11.6 Å². The number of anilines is 1. The lowest BCUT2D eigenvalue weighted by atomic mass is 9.97. The molecule has 172 valence electrons. The van der Waals surface area contributed by atoms with Crippen molar-refractivity contribution < 1.29 is 27.1 Å². The second-order valence-corrected chi connectivity index (χ2v) is 8.67. The average molecular weight is 460 g/mol. The fourth-order valence-corrected chi connectivity index (χ4v) is 5.02. The maximum absolute atomic E-state index is 13.7. The van der Waals surface area contributed by atoms with Crippen LogP contribution in [0.15, 0.2) is 42.6 Å². The van der Waals surface area contributed by atoms with Crippen molar-refractivity contribution in [3.05, 3.63) is 54.1 Å². The Morgan fingerprint density at radius 3 is 2.55 bits per heavy atom. The molecule has 2 heterocycles. The number of aromatic nitrogens is 3. The van der Waals surface area contributed by atoms with Gasteiger partial charge in [0.2, 0.25) is 5.91 Å². The molecular weight excluding hydrogens is 440 g/mol. The van der Waals surface area contributed by atoms with Gasteiger partial charge in [-0.25, -0.2) is 4.39 Å². The van der Waals surface area contributed by atoms with E-state index >= 15 is 0 Å². The highest BCUT2D eigenvalue weighted by Gasteiger charge is 2.59. The van der Waals surface area contributed by atoms with Gasteiger partial charge in [-0.3, -0.25) is 9.78 Å². The Balaban J connectivity index is 1.17. The van der Waals surface area contributed by atoms with Gasteiger partial charge in [0.25, 0.3) is 0 Å². The molecule has 2 saturated carbocycles. The molecule has 0 aliphatic heterocycles. The molecule has 2 aliphatic rings. The van der Waals surface area contributed by atoms with Gasteiger partial charge in [-0.15, -0.1) is 10.2 Å². The van der Waals surface area contributed by atoms with Crippen molar-refractivity contribution in [1.29, 1.82) is 0 Å². The molecule has 3 aromatic rings. The van der Waals surface area contributed by atoms with Crippen LogP contribution in [0.2, 0.25) is 0 Å². The van der Waals surface area contributed by atoms with Crippen LogP contribution in [0, 0.1) is 29.5 Å². The van der Waals surface area contributed by atoms with E-state index in [4.69, 9.17) is 4.74 Å². The van der Waals surface area contributed by atoms with Crippen molar-refractivity contribution in [1.82, 2.24) is 15.2 Å². The van der Waals surface area contributed by atoms with E-state index in [1.54, 1.807) is 18.3 Å². The summed E-state index contributed by atoms with van der Waals surface area (Å²) in [7, 11) is 0. The first-order valence-corrected chi connectivity index (χ1v) is 10.6. The predicted octanol–water partition coefficient (Wildman–Crippen LogP) is 4.86. The predicted molar refractivity (Wildman–Crippen MR) is 111 cm³/mol. The smallest absolute Gasteiger partial charge is 0.435 e. The highest BCUT2D eigenvalue weighted by Crippen LogP contribution is 2.61. The van der Waals surface area contributed by atoms with Crippen LogP contribution in [0.25, 0.3) is 10.9 Å². The summed E-state index contributed by atoms with van der Waals surface area (Å²) in [5.74, 6) is 0.458. The van der Waals surface area contributed by atoms with Crippen LogP contribution in [0.1, 0.15) is 25.5 Å². The van der Waals surface area contributed by atoms with Crippen LogP contribution in [0.5, 0.6) is 5.75 Å². The SMILES string of the molecule is CC(C(=O)Nc1ccc(C(F)(F)F)nn1)[C@H]1[C@@H]2C[C@@H](Oc3ccnc4ccc(F)cc34)C[C@@H]21. The van der Waals surface area contributed by atoms with Gasteiger partial charge in [0, 0.05) is 17.5 Å². The first-order chi connectivity index (χ1) is 15.7. The Morgan fingerprint density at radius 1 is 1.12 bits per heavy atom. The minimum Gasteiger partial charge on any atom is -0.490 e. The van der Waals surface area contributed by atoms with Crippen molar-refractivity contribution in [3.63, 3.8) is 0 Å². The molecule has 5 atom stereocenters. The summed E-state index contributed by atoms with van der Waals surface area (Å²) in [5, 5.41) is 9.76. The Morgan fingerprint density at radius 2 is 1.88 bits per heavy atom. The van der Waals surface area contributed by atoms with E-state index in [1.807, 2.05) is 6.92 Å². The summed E-state index contributed by atoms with van der Waals surface area (Å²) in [4.78, 5) is 16.8. The number of benzene rings is 1. The number of fused-ring (bicyclic) bond motifs is 2. The Hall–Kier alpha value is -3.30. The number of alkyl halides is 3. The highest BCUT2D eigenvalue weighted by atomic mass is 19.4. The van der Waals surface area contributed by atoms with Crippen LogP contribution < -0.4 is 10.1 Å². The van der Waals surface area contributed by atoms with E-state index in [-0.39, 0.29) is 35.5 Å². The number of hydrogen-bond acceptors (Lipinski definition) is 5. The van der Waals surface area contributed by atoms with Crippen LogP contribution >= 0.6 is 0 Å². The Kier molecular flexibility index (Phi) is 5.18. The van der Waals surface area contributed by atoms with E-state index in [0.717, 1.165) is 25.0 Å². The molecule has 1 aromatic carbocycles. The molecule has 0 radical (unpaired) electrons. The fraction of sp³-hybridized carbons (Fsp3) is 0.391. The minimum absolute atomic E-state index is 0.0105. The standard InChI is InChI=1S/C23H20F4N4O2/c1-11(22(32)29-20-5-4-19(30-31-20)23(25,26)27)21-14-9-13(10-15(14)21)33-18-6-7-28-17-3-2-12(24)8-16(17)18/h2-8,11,13-15,21H,9-10H2,1H3,(H,29,31,32)/t11?,13-,14-,15+,21+. The van der Waals surface area contributed by atoms with Crippen molar-refractivity contribution in [2.45, 2.75) is 32.0 Å². The van der Waals surface area contributed by atoms with E-state index in [2.05, 4.69) is 20.5 Å². The van der Waals surface area contributed by atoms with Gasteiger partial charge < -0.3 is 10.1 Å². The maximum Gasteiger partial charge on any atom is 0.435 e. The summed E-state index contributed by atoms with van der Waals surface area (Å²) in [5.41, 5.74) is -0.451. The quantitative estimate of drug-likeness (QED) is 0.551. The topological polar surface area (TPSA) is 77.0 Å². The minimum atomic E-state index is -4.58. The lowest BCUT2D eigenvalue weighted by Gasteiger charge is -2.20. The zero-order chi connectivity index (χ0) is 23.3. The molecule has 2 fully saturated rings. The largest absolute Gasteiger partial charge is 0.490 e. The van der Waals surface area contributed by atoms with E-state index in [0.29, 0.717) is 28.5 Å². The van der Waals surface area contributed by atoms with Crippen molar-refractivity contribution >= 4 is 22.6 Å². The number of pyridine rings is 1. The monoisotopic (exact) mass is 460 g/mol. The fourth-order valence-electron chi connectivity index (χ4n) is 5.02. The third-order valence-electron chi connectivity index (χ3n) is 6.62. The lowest BCUT2D eigenvalue weighted by molar-refractivity contribution is -0.141. The second kappa shape index (κ2) is 7.93. The zero-order valence-corrected chi connectivity index (χ0v) is 17.5. The number of hydrogen-bond donors (Lipinski definition) is 1. The van der Waals surface area contributed by atoms with Crippen molar-refractivity contribution in [3.8, 4) is 5.75 Å². The molecule has 10 heteroatoms. The average Bonchev–Trinajstić information content (AvgIpc) is 3.27. The molecule has 0 spiro atoms. The second-order valence-electron chi connectivity index (χ2n) is 8.67. The van der Waals surface area contributed by atoms with Gasteiger partial charge in [0.05, 0.1) is 11.6 Å². The molecule has 1 amide bonds. The molecule has 1 unspecified atom stereocenters. The summed E-state index contributed by atoms with van der Waals surface area (Å²) >= 11 is 0. The lowest BCUT2D eigenvalue weighted by Crippen LogP contribution is -2.26. The molecule has 1 N–H and O–H groups in total. The third kappa shape index (κ3) is 4.21. The van der Waals surface area contributed by atoms with Crippen molar-refractivity contribution in [2.24, 2.45) is 23.7 Å². The van der Waals surface area contributed by atoms with Gasteiger partial charge >= 0.3 is 6.18 Å². The molecule has 6 nitrogen and oxygen atoms in total. The molecule has 2 aromatic heterocycles. The van der Waals surface area contributed by atoms with Gasteiger partial charge in [-0.2, -0.15) is 13.2 Å². The number of carbonyl (C=O) groups is 1. The summed E-state index contributed by atoms with van der Waals surface area (Å²) < 4.78 is 57.6. The first-order valence-electron chi connectivity index (χ1n) is 10.6. The van der Waals surface area contributed by atoms with E-state index in [9.17, 15) is 22.4 Å². The van der Waals surface area contributed by atoms with Crippen LogP contribution in [0.3, 0.4) is 0 Å². The third-order valence-corrected chi connectivity index (χ3v) is 6.62. The first kappa shape index (κ1) is 21.5. The van der Waals surface area contributed by atoms with Crippen LogP contribution in [-0.4, -0.2) is 27.2 Å². The highest BCUT2D eigenvalue weighted by molar-refractivity contribution is 5.91. The molecule has 5 rings (SSSR count). The van der Waals surface area contributed by atoms with Crippen LogP contribution in [0.4, 0.5) is 23.4 Å². The van der Waals surface area contributed by atoms with Gasteiger partial charge in [-0.05, 0) is 67.0 Å². The zero-order valence-electron chi connectivity index (χ0n) is 17.5. The summed E-state index contributed by atoms with van der Waals surface area (Å²) in [6.07, 6.45) is -1.41. The van der Waals surface area contributed by atoms with Gasteiger partial charge in [-0.1, -0.05) is 6.92 Å². The number of rotatable bonds is 5. The Labute approximate surface area is 186 Å². The number of amides is 1. The summed E-state index contributed by atoms with van der Waals surface area (Å²) in [6.45, 7) is 1.81. The van der Waals surface area contributed by atoms with Gasteiger partial charge in [0.15, 0.2) is 11.5 Å². The molecular formula is C23H20F4N4O2. The normalized spacial score (nSPS) is 24.9. The van der Waals surface area contributed by atoms with E-state index in [1.165, 1.54) is 12.1 Å². The number of nitrogens with zero attached hydrogens (tertiary/aromatic N) is 3. The van der Waals surface area contributed by atoms with Crippen molar-refractivity contribution in [2.75, 3.05) is 5.32 Å². The molecule has 33 heavy (non-hydrogen) atoms. The van der Waals surface area contributed by atoms with Crippen LogP contribution in [-0.2, 0) is 11.0 Å². The number of ether oxygens (including phenoxy) is 1. The summed E-state index contributed by atoms with van der Waals surface area (Å²) in [6, 6.07) is 7.99. The number of carbonyl (C=O) groups excluding carboxylic acids is 1. The number of nitrogens with one attached hydrogen (secondary N) is 1. The molecule has 2 aliphatic carbocycles. The molecule has 0 saturated heterocycles. The Bertz CT molecular complexity index is 1190. The molecule has 0 bridgehead atoms. The number of halogens is 4.